The van der Waals surface area contributed by atoms with Gasteiger partial charge in [0.05, 0.1) is 0 Å². The van der Waals surface area contributed by atoms with E-state index in [2.05, 4.69) is 4.93 Å². The Bertz CT molecular complexity index is 14.4. The zero-order valence-corrected chi connectivity index (χ0v) is 5.65. The van der Waals surface area contributed by atoms with Crippen LogP contribution in [0.5, 0.6) is 0 Å². The van der Waals surface area contributed by atoms with Crippen molar-refractivity contribution in [2.24, 2.45) is 0 Å². The molecule has 0 saturated carbocycles. The van der Waals surface area contributed by atoms with Crippen molar-refractivity contribution in [3.8, 4) is 0 Å². The van der Waals surface area contributed by atoms with Crippen LogP contribution in [0, 0.1) is 0 Å². The number of hydrogen-bond donors (Lipinski definition) is 0. The topological polar surface area (TPSA) is 9.23 Å². The van der Waals surface area contributed by atoms with E-state index in [4.69, 9.17) is 4.74 Å². The van der Waals surface area contributed by atoms with Crippen molar-refractivity contribution in [3.63, 3.8) is 0 Å². The maximum atomic E-state index is 4.74. The van der Waals surface area contributed by atoms with Gasteiger partial charge in [0, 0.05) is 0 Å². The Morgan fingerprint density at radius 2 is 2.40 bits per heavy atom. The van der Waals surface area contributed by atoms with Gasteiger partial charge in [-0.3, -0.25) is 0 Å². The predicted octanol–water partition coefficient (Wildman–Crippen LogP) is -2.69. The summed E-state index contributed by atoms with van der Waals surface area (Å²) in [6.45, 7) is 0. The Balaban J connectivity index is 2.19. The molecule has 0 atom stereocenters. The predicted molar refractivity (Wildman–Crippen MR) is 17.8 cm³/mol. The van der Waals surface area contributed by atoms with E-state index >= 15 is 0 Å². The third-order valence-electron chi connectivity index (χ3n) is 0.218. The van der Waals surface area contributed by atoms with Crippen molar-refractivity contribution >= 4 is 0 Å². The third kappa shape index (κ3) is 4.69. The summed E-state index contributed by atoms with van der Waals surface area (Å²) in [6, 6.07) is 0. The van der Waals surface area contributed by atoms with E-state index in [1.54, 1.807) is 7.11 Å². The maximum absolute atomic E-state index is 4.74. The molecule has 1 nitrogen and oxygen atoms in total. The second kappa shape index (κ2) is 4.69. The average Bonchev–Trinajstić information content (AvgIpc) is 1.41. The van der Waals surface area contributed by atoms with E-state index in [0.29, 0.717) is 21.2 Å². The van der Waals surface area contributed by atoms with Crippen molar-refractivity contribution in [1.82, 2.24) is 0 Å². The quantitative estimate of drug-likeness (QED) is 0.338. The van der Waals surface area contributed by atoms with Crippen molar-refractivity contribution in [1.29, 1.82) is 0 Å². The summed E-state index contributed by atoms with van der Waals surface area (Å²) in [7, 11) is 1.74. The van der Waals surface area contributed by atoms with Crippen LogP contribution >= 0.6 is 0 Å². The minimum atomic E-state index is 0.385. The average molecular weight is 187 g/mol. The fourth-order valence-corrected chi connectivity index (χ4v) is 0.732. The Hall–Kier alpha value is 0.690. The van der Waals surface area contributed by atoms with Gasteiger partial charge in [-0.2, -0.15) is 0 Å². The van der Waals surface area contributed by atoms with Gasteiger partial charge in [0.1, 0.15) is 0 Å². The summed E-state index contributed by atoms with van der Waals surface area (Å²) in [4.78, 5) is 2.20. The Morgan fingerprint density at radius 3 is 2.40 bits per heavy atom. The molecule has 0 aromatic heterocycles. The second-order valence-corrected chi connectivity index (χ2v) is 2.81. The zero-order valence-electron chi connectivity index (χ0n) is 3.49. The van der Waals surface area contributed by atoms with E-state index in [1.165, 1.54) is 0 Å². The first-order valence-electron chi connectivity index (χ1n) is 1.34. The van der Waals surface area contributed by atoms with Gasteiger partial charge in [-0.25, -0.2) is 0 Å². The molecule has 0 aliphatic rings. The molecular formula is C3H8IO-. The van der Waals surface area contributed by atoms with E-state index < -0.39 is 0 Å². The van der Waals surface area contributed by atoms with Crippen LogP contribution < -0.4 is 21.2 Å². The van der Waals surface area contributed by atoms with Crippen LogP contribution in [0.15, 0.2) is 0 Å². The van der Waals surface area contributed by atoms with Crippen LogP contribution in [-0.2, 0) is 4.74 Å². The molecule has 0 aliphatic heterocycles. The van der Waals surface area contributed by atoms with Crippen LogP contribution in [0.4, 0.5) is 0 Å². The summed E-state index contributed by atoms with van der Waals surface area (Å²) < 4.78 is 5.74. The van der Waals surface area contributed by atoms with Gasteiger partial charge in [-0.15, -0.1) is 0 Å². The molecule has 2 heteroatoms. The van der Waals surface area contributed by atoms with E-state index in [-0.39, 0.29) is 0 Å². The Kier molecular flexibility index (Phi) is 5.34. The first-order chi connectivity index (χ1) is 2.41. The summed E-state index contributed by atoms with van der Waals surface area (Å²) in [5.74, 6) is 0. The normalized spacial score (nSPS) is 9.20. The zero-order chi connectivity index (χ0) is 4.12. The fourth-order valence-electron chi connectivity index (χ4n) is 0.109. The number of rotatable bonds is 2. The van der Waals surface area contributed by atoms with Gasteiger partial charge >= 0.3 is 42.6 Å². The molecular weight excluding hydrogens is 179 g/mol. The van der Waals surface area contributed by atoms with Crippen LogP contribution in [0.2, 0.25) is 0 Å². The molecule has 0 saturated heterocycles. The van der Waals surface area contributed by atoms with Gasteiger partial charge in [-0.05, 0) is 0 Å². The second-order valence-electron chi connectivity index (χ2n) is 0.665. The van der Waals surface area contributed by atoms with Gasteiger partial charge in [0.15, 0.2) is 0 Å². The minimum absolute atomic E-state index is 0.385. The summed E-state index contributed by atoms with van der Waals surface area (Å²) in [6.07, 6.45) is 0. The fraction of sp³-hybridized carbons (Fsp3) is 1.00. The van der Waals surface area contributed by atoms with E-state index in [0.717, 1.165) is 4.61 Å². The summed E-state index contributed by atoms with van der Waals surface area (Å²) in [5.41, 5.74) is 0. The summed E-state index contributed by atoms with van der Waals surface area (Å²) >= 11 is 0.385. The van der Waals surface area contributed by atoms with Crippen molar-refractivity contribution < 1.29 is 25.9 Å². The first kappa shape index (κ1) is 5.69. The molecule has 5 heavy (non-hydrogen) atoms. The Labute approximate surface area is 43.0 Å². The molecule has 0 aromatic carbocycles. The van der Waals surface area contributed by atoms with E-state index in [1.807, 2.05) is 0 Å². The third-order valence-corrected chi connectivity index (χ3v) is 1.46. The van der Waals surface area contributed by atoms with E-state index in [9.17, 15) is 0 Å². The number of alkyl halides is 2. The molecule has 34 valence electrons. The molecule has 0 heterocycles. The van der Waals surface area contributed by atoms with Gasteiger partial charge in [0.2, 0.25) is 0 Å². The van der Waals surface area contributed by atoms with Crippen molar-refractivity contribution in [2.75, 3.05) is 16.7 Å². The number of methoxy groups -OCH3 is 1. The molecule has 0 rings (SSSR count). The number of halogens is 1. The van der Waals surface area contributed by atoms with Crippen LogP contribution in [0.1, 0.15) is 0 Å². The first-order valence-corrected chi connectivity index (χ1v) is 5.03. The monoisotopic (exact) mass is 187 g/mol. The number of ether oxygens (including phenoxy) is 1. The number of hydrogen-bond acceptors (Lipinski definition) is 1. The van der Waals surface area contributed by atoms with Gasteiger partial charge < -0.3 is 0 Å². The summed E-state index contributed by atoms with van der Waals surface area (Å²) in [5, 5.41) is 0. The molecule has 0 unspecified atom stereocenters. The van der Waals surface area contributed by atoms with Gasteiger partial charge in [0.25, 0.3) is 0 Å². The van der Waals surface area contributed by atoms with Crippen molar-refractivity contribution in [2.45, 2.75) is 0 Å². The standard InChI is InChI=1S/C3H8IO/c1-4-3-5-2/h3H2,1-2H3/q-1. The molecule has 0 bridgehead atoms. The molecule has 0 amide bonds. The molecule has 0 aromatic rings. The Morgan fingerprint density at radius 1 is 1.80 bits per heavy atom. The molecule has 0 aliphatic carbocycles. The van der Waals surface area contributed by atoms with Crippen LogP contribution in [0.25, 0.3) is 0 Å². The molecule has 0 fully saturated rings. The molecule has 0 radical (unpaired) electrons. The van der Waals surface area contributed by atoms with Gasteiger partial charge in [-0.1, -0.05) is 0 Å². The molecule has 0 N–H and O–H groups in total. The van der Waals surface area contributed by atoms with Crippen LogP contribution in [0.3, 0.4) is 0 Å². The SMILES string of the molecule is COC[I-]C. The van der Waals surface area contributed by atoms with Crippen LogP contribution in [-0.4, -0.2) is 16.7 Å². The van der Waals surface area contributed by atoms with Crippen molar-refractivity contribution in [3.05, 3.63) is 0 Å². The molecule has 0 spiro atoms.